The van der Waals surface area contributed by atoms with Crippen molar-refractivity contribution in [3.8, 4) is 0 Å². The highest BCUT2D eigenvalue weighted by atomic mass is 32.2. The minimum absolute atomic E-state index is 0.0114. The number of likely N-dealkylation sites (N-methyl/N-ethyl adjacent to an activating group) is 2. The highest BCUT2D eigenvalue weighted by Crippen LogP contribution is 2.33. The zero-order valence-corrected chi connectivity index (χ0v) is 65.2. The monoisotopic (exact) mass is 1480 g/mol. The van der Waals surface area contributed by atoms with Crippen molar-refractivity contribution >= 4 is 92.9 Å². The van der Waals surface area contributed by atoms with Gasteiger partial charge in [-0.1, -0.05) is 111 Å². The van der Waals surface area contributed by atoms with E-state index in [1.54, 1.807) is 75.1 Å². The maximum atomic E-state index is 14.7. The van der Waals surface area contributed by atoms with Crippen molar-refractivity contribution in [2.75, 3.05) is 105 Å². The van der Waals surface area contributed by atoms with E-state index in [1.165, 1.54) is 25.2 Å². The van der Waals surface area contributed by atoms with Crippen LogP contribution in [0, 0.1) is 47.3 Å². The molecule has 3 aromatic carbocycles. The van der Waals surface area contributed by atoms with Crippen LogP contribution in [0.3, 0.4) is 0 Å². The largest absolute Gasteiger partial charge is 0.379 e. The molecule has 1 aliphatic rings. The Bertz CT molecular complexity index is 3450. The standard InChI is InChI=1S/C78H117N11O15S/c1-16-51(8)72(88(12)77(98)59(48(2)3)42-65(92)71(50(6)7)87(10)11)66(100-13)43-69(95)89-33-21-25-62(89)73(101-14)52(9)63(90)40-56(38-53-22-18-17-19-23-53)74(96)81-44-54-26-28-57(29-27-54)85-75(97)55(24-20-32-80-78(79)99)39-64(91)70(49(4)5)86-68(94)46-104-37-35-102-34-36-103-45-67(93)84-58-30-31-61-60(41-58)76(105-15)83-47-82-61/h17-19,22-23,26-31,41,47-52,55-56,59,62,66,70-73H,16,20-21,24-25,32-40,42-46H2,1-15H3,(H,81,96)(H,84,93)(H,85,97)(H,86,94)(H3,79,80,99)/t51-,52-,55+,56+,59-,62-,66+,70-,71-,72-,73+/m0/s1. The molecule has 1 aliphatic heterocycles. The van der Waals surface area contributed by atoms with Crippen LogP contribution in [-0.4, -0.2) is 214 Å². The summed E-state index contributed by atoms with van der Waals surface area (Å²) in [7, 11) is 8.60. The topological polar surface area (TPSA) is 339 Å². The summed E-state index contributed by atoms with van der Waals surface area (Å²) < 4.78 is 28.8. The summed E-state index contributed by atoms with van der Waals surface area (Å²) in [5.74, 6) is -6.06. The van der Waals surface area contributed by atoms with Crippen LogP contribution in [0.25, 0.3) is 10.9 Å². The van der Waals surface area contributed by atoms with Crippen LogP contribution in [-0.2, 0) is 79.8 Å². The molecule has 7 N–H and O–H groups in total. The van der Waals surface area contributed by atoms with Crippen LogP contribution in [0.15, 0.2) is 84.1 Å². The molecule has 0 spiro atoms. The molecule has 1 fully saturated rings. The van der Waals surface area contributed by atoms with E-state index in [2.05, 4.69) is 36.6 Å². The molecule has 0 radical (unpaired) electrons. The third kappa shape index (κ3) is 27.8. The van der Waals surface area contributed by atoms with Gasteiger partial charge in [0.2, 0.25) is 35.4 Å². The van der Waals surface area contributed by atoms with Gasteiger partial charge in [0.15, 0.2) is 11.6 Å². The zero-order chi connectivity index (χ0) is 77.4. The molecule has 27 heteroatoms. The van der Waals surface area contributed by atoms with Crippen LogP contribution in [0.4, 0.5) is 16.2 Å². The molecule has 5 rings (SSSR count). The van der Waals surface area contributed by atoms with E-state index in [4.69, 9.17) is 29.4 Å². The Morgan fingerprint density at radius 3 is 1.92 bits per heavy atom. The number of anilines is 2. The number of carbonyl (C=O) groups excluding carboxylic acids is 10. The second-order valence-corrected chi connectivity index (χ2v) is 29.5. The number of amides is 8. The molecular formula is C78H117N11O15S. The number of ether oxygens (including phenoxy) is 5. The predicted octanol–water partition coefficient (Wildman–Crippen LogP) is 8.32. The lowest BCUT2D eigenvalue weighted by Gasteiger charge is -2.41. The zero-order valence-electron chi connectivity index (χ0n) is 64.4. The second-order valence-electron chi connectivity index (χ2n) is 28.7. The van der Waals surface area contributed by atoms with Gasteiger partial charge in [0.05, 0.1) is 74.7 Å². The molecule has 8 amide bonds. The number of fused-ring (bicyclic) bond motifs is 1. The van der Waals surface area contributed by atoms with Crippen LogP contribution in [0.1, 0.15) is 131 Å². The number of ketones is 3. The van der Waals surface area contributed by atoms with Gasteiger partial charge in [0.1, 0.15) is 30.4 Å². The molecule has 0 aliphatic carbocycles. The van der Waals surface area contributed by atoms with Crippen molar-refractivity contribution in [1.82, 2.24) is 40.6 Å². The fourth-order valence-corrected chi connectivity index (χ4v) is 14.4. The molecule has 105 heavy (non-hydrogen) atoms. The van der Waals surface area contributed by atoms with Gasteiger partial charge >= 0.3 is 6.03 Å². The van der Waals surface area contributed by atoms with Crippen molar-refractivity contribution in [3.63, 3.8) is 0 Å². The van der Waals surface area contributed by atoms with Gasteiger partial charge in [-0.25, -0.2) is 14.8 Å². The van der Waals surface area contributed by atoms with Crippen molar-refractivity contribution in [2.45, 2.75) is 174 Å². The van der Waals surface area contributed by atoms with Gasteiger partial charge < -0.3 is 65.8 Å². The number of benzene rings is 3. The number of methoxy groups -OCH3 is 2. The first-order valence-electron chi connectivity index (χ1n) is 36.8. The summed E-state index contributed by atoms with van der Waals surface area (Å²) in [6, 6.07) is 18.7. The summed E-state index contributed by atoms with van der Waals surface area (Å²) in [6.07, 6.45) is 4.49. The smallest absolute Gasteiger partial charge is 0.312 e. The van der Waals surface area contributed by atoms with E-state index in [-0.39, 0.29) is 162 Å². The SMILES string of the molecule is CC[C@H](C)[C@@H]([C@@H](CC(=O)N1CCC[C@H]1[C@H](OC)[C@@H](C)C(=O)C[C@@H](Cc1ccccc1)C(=O)NCc1ccc(NC(=O)[C@H](CCCNC(N)=O)CC(=O)[C@@H](NC(=O)COCCOCCOCC(=O)Nc2ccc3ncnc(SC)c3c2)C(C)C)cc1)OC)N(C)C(=O)[C@@H](CC(=O)[C@H](C(C)C)N(C)C)C(C)C. The molecule has 0 unspecified atom stereocenters. The molecule has 0 saturated carbocycles. The van der Waals surface area contributed by atoms with Crippen molar-refractivity contribution in [1.29, 1.82) is 0 Å². The molecule has 1 aromatic heterocycles. The Hall–Kier alpha value is -7.79. The predicted molar refractivity (Wildman–Crippen MR) is 406 cm³/mol. The normalized spacial score (nSPS) is 16.0. The van der Waals surface area contributed by atoms with Gasteiger partial charge in [-0.2, -0.15) is 0 Å². The van der Waals surface area contributed by atoms with Crippen molar-refractivity contribution in [3.05, 3.63) is 90.3 Å². The van der Waals surface area contributed by atoms with Crippen molar-refractivity contribution < 1.29 is 71.6 Å². The van der Waals surface area contributed by atoms with E-state index in [0.717, 1.165) is 21.5 Å². The number of hydrogen-bond acceptors (Lipinski definition) is 19. The van der Waals surface area contributed by atoms with Gasteiger partial charge in [-0.3, -0.25) is 48.1 Å². The lowest BCUT2D eigenvalue weighted by Crippen LogP contribution is -2.54. The Morgan fingerprint density at radius 1 is 0.676 bits per heavy atom. The highest BCUT2D eigenvalue weighted by molar-refractivity contribution is 7.98. The Balaban J connectivity index is 1.15. The molecule has 4 aromatic rings. The molecule has 0 bridgehead atoms. The minimum Gasteiger partial charge on any atom is -0.379 e. The molecule has 580 valence electrons. The lowest BCUT2D eigenvalue weighted by atomic mass is 9.83. The van der Waals surface area contributed by atoms with E-state index >= 15 is 0 Å². The number of rotatable bonds is 48. The Kier molecular flexibility index (Phi) is 37.6. The van der Waals surface area contributed by atoms with Gasteiger partial charge in [-0.15, -0.1) is 11.8 Å². The number of nitrogens with two attached hydrogens (primary N) is 1. The van der Waals surface area contributed by atoms with E-state index in [0.29, 0.717) is 49.2 Å². The summed E-state index contributed by atoms with van der Waals surface area (Å²) in [5.41, 5.74) is 8.63. The van der Waals surface area contributed by atoms with Gasteiger partial charge in [-0.05, 0) is 118 Å². The number of thioether (sulfide) groups is 1. The van der Waals surface area contributed by atoms with Crippen LogP contribution in [0.5, 0.6) is 0 Å². The first-order valence-corrected chi connectivity index (χ1v) is 38.0. The average molecular weight is 1480 g/mol. The Morgan fingerprint density at radius 2 is 1.32 bits per heavy atom. The highest BCUT2D eigenvalue weighted by Gasteiger charge is 2.44. The number of nitrogens with zero attached hydrogens (tertiary/aromatic N) is 5. The number of Topliss-reactive ketones (excluding diaryl/α,β-unsaturated/α-hetero) is 3. The first kappa shape index (κ1) is 87.8. The van der Waals surface area contributed by atoms with Crippen LogP contribution < -0.4 is 32.3 Å². The van der Waals surface area contributed by atoms with Crippen molar-refractivity contribution in [2.24, 2.45) is 53.1 Å². The summed E-state index contributed by atoms with van der Waals surface area (Å²) >= 11 is 1.48. The van der Waals surface area contributed by atoms with Crippen LogP contribution >= 0.6 is 11.8 Å². The number of likely N-dealkylation sites (tertiary alicyclic amines) is 1. The van der Waals surface area contributed by atoms with E-state index in [9.17, 15) is 47.9 Å². The third-order valence-corrected chi connectivity index (χ3v) is 20.4. The molecule has 26 nitrogen and oxygen atoms in total. The number of nitrogens with one attached hydrogen (secondary N) is 5. The summed E-state index contributed by atoms with van der Waals surface area (Å²) in [6.45, 7) is 18.0. The lowest BCUT2D eigenvalue weighted by molar-refractivity contribution is -0.149. The van der Waals surface area contributed by atoms with Gasteiger partial charge in [0.25, 0.3) is 0 Å². The Labute approximate surface area is 625 Å². The quantitative estimate of drug-likeness (QED) is 0.0137. The molecule has 2 heterocycles. The summed E-state index contributed by atoms with van der Waals surface area (Å²) in [5, 5.41) is 15.6. The maximum absolute atomic E-state index is 14.7. The van der Waals surface area contributed by atoms with E-state index in [1.807, 2.05) is 109 Å². The van der Waals surface area contributed by atoms with Gasteiger partial charge in [0, 0.05) is 101 Å². The fourth-order valence-electron chi connectivity index (χ4n) is 13.9. The number of aromatic nitrogens is 2. The molecular weight excluding hydrogens is 1360 g/mol. The fraction of sp³-hybridized carbons (Fsp3) is 0.615. The van der Waals surface area contributed by atoms with E-state index < -0.39 is 71.9 Å². The number of hydrogen-bond donors (Lipinski definition) is 6. The van der Waals surface area contributed by atoms with Crippen LogP contribution in [0.2, 0.25) is 0 Å². The number of primary amides is 1. The number of carbonyl (C=O) groups is 10. The maximum Gasteiger partial charge on any atom is 0.312 e. The second kappa shape index (κ2) is 45.0. The molecule has 11 atom stereocenters. The molecule has 1 saturated heterocycles. The first-order chi connectivity index (χ1) is 50.0. The third-order valence-electron chi connectivity index (χ3n) is 19.7. The summed E-state index contributed by atoms with van der Waals surface area (Å²) in [4.78, 5) is 151. The average Bonchev–Trinajstić information content (AvgIpc) is 1.79. The number of urea groups is 1. The minimum atomic E-state index is -0.954.